The fraction of sp³-hybridized carbons (Fsp3) is 0.167. The molecule has 0 radical (unpaired) electrons. The van der Waals surface area contributed by atoms with Crippen molar-refractivity contribution in [3.05, 3.63) is 39.6 Å². The van der Waals surface area contributed by atoms with Gasteiger partial charge in [-0.05, 0) is 30.7 Å². The predicted molar refractivity (Wildman–Crippen MR) is 70.1 cm³/mol. The molecular weight excluding hydrogens is 288 g/mol. The highest BCUT2D eigenvalue weighted by molar-refractivity contribution is 6.68. The lowest BCUT2D eigenvalue weighted by Crippen LogP contribution is -1.96. The van der Waals surface area contributed by atoms with Crippen LogP contribution in [0.3, 0.4) is 0 Å². The zero-order valence-corrected chi connectivity index (χ0v) is 11.3. The van der Waals surface area contributed by atoms with Gasteiger partial charge in [0.1, 0.15) is 17.0 Å². The van der Waals surface area contributed by atoms with Gasteiger partial charge >= 0.3 is 5.69 Å². The maximum Gasteiger partial charge on any atom is 0.311 e. The molecule has 2 rings (SSSR count). The fourth-order valence-electron chi connectivity index (χ4n) is 1.78. The lowest BCUT2D eigenvalue weighted by atomic mass is 10.1. The number of hydrogen-bond acceptors (Lipinski definition) is 6. The molecule has 1 aromatic heterocycles. The van der Waals surface area contributed by atoms with Crippen LogP contribution >= 0.6 is 11.6 Å². The number of methoxy groups -OCH3 is 1. The summed E-state index contributed by atoms with van der Waals surface area (Å²) < 4.78 is 9.81. The van der Waals surface area contributed by atoms with Crippen molar-refractivity contribution >= 4 is 22.5 Å². The van der Waals surface area contributed by atoms with Gasteiger partial charge in [-0.1, -0.05) is 5.16 Å². The minimum atomic E-state index is -0.739. The second kappa shape index (κ2) is 5.30. The lowest BCUT2D eigenvalue weighted by Gasteiger charge is -2.03. The maximum atomic E-state index is 11.4. The van der Waals surface area contributed by atoms with Gasteiger partial charge in [0.15, 0.2) is 5.75 Å². The van der Waals surface area contributed by atoms with Crippen LogP contribution in [0.4, 0.5) is 5.69 Å². The van der Waals surface area contributed by atoms with Crippen molar-refractivity contribution < 1.29 is 19.0 Å². The number of rotatable bonds is 4. The molecule has 0 spiro atoms. The van der Waals surface area contributed by atoms with Gasteiger partial charge in [-0.3, -0.25) is 14.9 Å². The Bertz CT molecular complexity index is 695. The molecule has 2 aromatic rings. The summed E-state index contributed by atoms with van der Waals surface area (Å²) in [7, 11) is 1.33. The molecule has 0 aliphatic carbocycles. The van der Waals surface area contributed by atoms with Gasteiger partial charge in [-0.2, -0.15) is 0 Å². The Morgan fingerprint density at radius 2 is 2.20 bits per heavy atom. The highest BCUT2D eigenvalue weighted by Gasteiger charge is 2.23. The Morgan fingerprint density at radius 3 is 2.75 bits per heavy atom. The monoisotopic (exact) mass is 296 g/mol. The number of carbonyl (C=O) groups is 1. The summed E-state index contributed by atoms with van der Waals surface area (Å²) in [4.78, 5) is 21.8. The van der Waals surface area contributed by atoms with E-state index in [1.807, 2.05) is 0 Å². The number of ether oxygens (including phenoxy) is 1. The molecule has 1 heterocycles. The molecule has 7 nitrogen and oxygen atoms in total. The van der Waals surface area contributed by atoms with E-state index < -0.39 is 10.2 Å². The minimum absolute atomic E-state index is 0.0890. The molecule has 0 unspecified atom stereocenters. The van der Waals surface area contributed by atoms with Crippen LogP contribution < -0.4 is 4.74 Å². The van der Waals surface area contributed by atoms with Crippen LogP contribution in [-0.2, 0) is 0 Å². The predicted octanol–water partition coefficient (Wildman–Crippen LogP) is 2.95. The summed E-state index contributed by atoms with van der Waals surface area (Å²) >= 11 is 5.47. The number of nitro groups is 1. The number of nitrogens with zero attached hydrogens (tertiary/aromatic N) is 2. The molecule has 8 heteroatoms. The van der Waals surface area contributed by atoms with Gasteiger partial charge in [-0.15, -0.1) is 0 Å². The molecule has 0 aliphatic rings. The average molecular weight is 297 g/mol. The van der Waals surface area contributed by atoms with E-state index in [9.17, 15) is 14.9 Å². The topological polar surface area (TPSA) is 95.5 Å². The first-order chi connectivity index (χ1) is 9.45. The first-order valence-corrected chi connectivity index (χ1v) is 5.82. The average Bonchev–Trinajstić information content (AvgIpc) is 2.79. The quantitative estimate of drug-likeness (QED) is 0.489. The van der Waals surface area contributed by atoms with Crippen LogP contribution in [0.1, 0.15) is 16.1 Å². The van der Waals surface area contributed by atoms with Crippen LogP contribution in [-0.4, -0.2) is 22.4 Å². The number of hydrogen-bond donors (Lipinski definition) is 0. The standard InChI is InChI=1S/C12H9ClN2O5/c1-6-10(12(13)16)11(14-20-6)7-3-4-9(19-2)8(5-7)15(17)18/h3-5H,1-2H3. The minimum Gasteiger partial charge on any atom is -0.490 e. The third kappa shape index (κ3) is 2.35. The Morgan fingerprint density at radius 1 is 1.50 bits per heavy atom. The zero-order chi connectivity index (χ0) is 14.9. The molecule has 0 aliphatic heterocycles. The van der Waals surface area contributed by atoms with E-state index in [1.165, 1.54) is 32.2 Å². The number of nitro benzene ring substituents is 1. The molecule has 0 bridgehead atoms. The third-order valence-electron chi connectivity index (χ3n) is 2.71. The summed E-state index contributed by atoms with van der Waals surface area (Å²) in [6, 6.07) is 4.20. The number of aromatic nitrogens is 1. The van der Waals surface area contributed by atoms with Crippen molar-refractivity contribution in [1.82, 2.24) is 5.16 Å². The second-order valence-electron chi connectivity index (χ2n) is 3.88. The first kappa shape index (κ1) is 14.0. The Kier molecular flexibility index (Phi) is 3.71. The SMILES string of the molecule is COc1ccc(-c2noc(C)c2C(=O)Cl)cc1[N+](=O)[O-]. The second-order valence-corrected chi connectivity index (χ2v) is 4.22. The van der Waals surface area contributed by atoms with Crippen LogP contribution in [0.5, 0.6) is 5.75 Å². The summed E-state index contributed by atoms with van der Waals surface area (Å²) in [5.74, 6) is 0.358. The molecule has 0 fully saturated rings. The van der Waals surface area contributed by atoms with Crippen molar-refractivity contribution in [3.63, 3.8) is 0 Å². The fourth-order valence-corrected chi connectivity index (χ4v) is 2.00. The normalized spacial score (nSPS) is 10.3. The van der Waals surface area contributed by atoms with Gasteiger partial charge in [0.05, 0.1) is 12.0 Å². The van der Waals surface area contributed by atoms with E-state index in [1.54, 1.807) is 0 Å². The number of halogens is 1. The van der Waals surface area contributed by atoms with E-state index in [2.05, 4.69) is 5.16 Å². The van der Waals surface area contributed by atoms with Crippen LogP contribution in [0.25, 0.3) is 11.3 Å². The van der Waals surface area contributed by atoms with E-state index in [-0.39, 0.29) is 28.5 Å². The van der Waals surface area contributed by atoms with Crippen molar-refractivity contribution in [3.8, 4) is 17.0 Å². The van der Waals surface area contributed by atoms with Gasteiger partial charge in [-0.25, -0.2) is 0 Å². The molecule has 0 saturated carbocycles. The van der Waals surface area contributed by atoms with E-state index in [0.717, 1.165) is 0 Å². The van der Waals surface area contributed by atoms with Gasteiger partial charge in [0.25, 0.3) is 5.24 Å². The third-order valence-corrected chi connectivity index (χ3v) is 2.90. The summed E-state index contributed by atoms with van der Waals surface area (Å²) in [6.07, 6.45) is 0. The van der Waals surface area contributed by atoms with Crippen LogP contribution in [0.15, 0.2) is 22.7 Å². The smallest absolute Gasteiger partial charge is 0.311 e. The molecule has 104 valence electrons. The van der Waals surface area contributed by atoms with Gasteiger partial charge in [0.2, 0.25) is 0 Å². The molecule has 1 aromatic carbocycles. The Balaban J connectivity index is 2.62. The highest BCUT2D eigenvalue weighted by Crippen LogP contribution is 2.34. The number of benzene rings is 1. The Labute approximate surface area is 118 Å². The number of aryl methyl sites for hydroxylation is 1. The summed E-state index contributed by atoms with van der Waals surface area (Å²) in [5, 5.41) is 14.0. The largest absolute Gasteiger partial charge is 0.490 e. The van der Waals surface area contributed by atoms with Crippen molar-refractivity contribution in [1.29, 1.82) is 0 Å². The molecule has 20 heavy (non-hydrogen) atoms. The molecular formula is C12H9ClN2O5. The summed E-state index contributed by atoms with van der Waals surface area (Å²) in [6.45, 7) is 1.53. The van der Waals surface area contributed by atoms with Crippen molar-refractivity contribution in [2.45, 2.75) is 6.92 Å². The van der Waals surface area contributed by atoms with Crippen LogP contribution in [0.2, 0.25) is 0 Å². The number of carbonyl (C=O) groups excluding carboxylic acids is 1. The van der Waals surface area contributed by atoms with E-state index in [0.29, 0.717) is 5.56 Å². The maximum absolute atomic E-state index is 11.4. The first-order valence-electron chi connectivity index (χ1n) is 5.44. The van der Waals surface area contributed by atoms with Gasteiger partial charge in [0, 0.05) is 11.6 Å². The Hall–Kier alpha value is -2.41. The van der Waals surface area contributed by atoms with Crippen molar-refractivity contribution in [2.75, 3.05) is 7.11 Å². The zero-order valence-electron chi connectivity index (χ0n) is 10.5. The molecule has 0 amide bonds. The highest BCUT2D eigenvalue weighted by atomic mass is 35.5. The van der Waals surface area contributed by atoms with Gasteiger partial charge < -0.3 is 9.26 Å². The molecule has 0 N–H and O–H groups in total. The van der Waals surface area contributed by atoms with Crippen LogP contribution in [0, 0.1) is 17.0 Å². The molecule has 0 saturated heterocycles. The van der Waals surface area contributed by atoms with E-state index in [4.69, 9.17) is 20.9 Å². The van der Waals surface area contributed by atoms with E-state index >= 15 is 0 Å². The summed E-state index contributed by atoms with van der Waals surface area (Å²) in [5.41, 5.74) is 0.358. The van der Waals surface area contributed by atoms with Crippen molar-refractivity contribution in [2.24, 2.45) is 0 Å². The molecule has 0 atom stereocenters. The lowest BCUT2D eigenvalue weighted by molar-refractivity contribution is -0.385.